The molecule has 3 N–H and O–H groups in total. The van der Waals surface area contributed by atoms with E-state index in [-0.39, 0.29) is 50.6 Å². The van der Waals surface area contributed by atoms with Crippen molar-refractivity contribution in [2.45, 2.75) is 51.5 Å². The first kappa shape index (κ1) is 29.9. The van der Waals surface area contributed by atoms with Crippen molar-refractivity contribution in [3.8, 4) is 0 Å². The Bertz CT molecular complexity index is 1800. The van der Waals surface area contributed by atoms with E-state index in [0.29, 0.717) is 28.6 Å². The highest BCUT2D eigenvalue weighted by atomic mass is 32.5. The van der Waals surface area contributed by atoms with Gasteiger partial charge in [0.05, 0.1) is 31.8 Å². The summed E-state index contributed by atoms with van der Waals surface area (Å²) in [5.74, 6) is 1.15. The van der Waals surface area contributed by atoms with E-state index >= 15 is 0 Å². The molecular weight excluding hydrogens is 634 g/mol. The van der Waals surface area contributed by atoms with Crippen LogP contribution in [0.1, 0.15) is 30.1 Å². The molecular formula is C21H26N8O9P2S2. The smallest absolute Gasteiger partial charge is 0.325 e. The van der Waals surface area contributed by atoms with Crippen molar-refractivity contribution in [2.24, 2.45) is 0 Å². The quantitative estimate of drug-likeness (QED) is 0.263. The number of ether oxygens (including phenoxy) is 2. The van der Waals surface area contributed by atoms with Gasteiger partial charge in [0.25, 0.3) is 5.56 Å². The SMILES string of the molecule is COCc1ncc2nc3n(c2n1)CCOP(O)(=S)OC[C@@H]1C[C@@H](OP(O)(=S)OC3)[C@H](n2cnc3c(=O)[nH]c(C)nc32)O1. The van der Waals surface area contributed by atoms with E-state index in [1.165, 1.54) is 24.2 Å². The van der Waals surface area contributed by atoms with Crippen LogP contribution in [0.3, 0.4) is 0 Å². The number of hydrogen-bond donors (Lipinski definition) is 3. The molecule has 1 fully saturated rings. The van der Waals surface area contributed by atoms with Crippen LogP contribution in [0.25, 0.3) is 22.3 Å². The lowest BCUT2D eigenvalue weighted by atomic mass is 10.2. The van der Waals surface area contributed by atoms with Crippen molar-refractivity contribution in [3.05, 3.63) is 40.4 Å². The van der Waals surface area contributed by atoms with Gasteiger partial charge in [0.15, 0.2) is 28.9 Å². The second kappa shape index (κ2) is 11.8. The number of imidazole rings is 2. The molecule has 21 heteroatoms. The zero-order valence-electron chi connectivity index (χ0n) is 22.2. The van der Waals surface area contributed by atoms with Gasteiger partial charge in [-0.3, -0.25) is 9.36 Å². The van der Waals surface area contributed by atoms with E-state index < -0.39 is 37.4 Å². The second-order valence-electron chi connectivity index (χ2n) is 9.45. The molecule has 4 aromatic heterocycles. The maximum Gasteiger partial charge on any atom is 0.325 e. The molecule has 6 rings (SSSR count). The Kier molecular flexibility index (Phi) is 8.38. The fraction of sp³-hybridized carbons (Fsp3) is 0.524. The third-order valence-corrected chi connectivity index (χ3v) is 9.66. The number of rotatable bonds is 3. The Morgan fingerprint density at radius 1 is 1.14 bits per heavy atom. The van der Waals surface area contributed by atoms with Gasteiger partial charge in [0, 0.05) is 20.1 Å². The molecule has 2 aliphatic rings. The van der Waals surface area contributed by atoms with Gasteiger partial charge in [0.1, 0.15) is 36.5 Å². The summed E-state index contributed by atoms with van der Waals surface area (Å²) in [6.45, 7) is -6.03. The first-order valence-corrected chi connectivity index (χ1v) is 17.8. The van der Waals surface area contributed by atoms with Gasteiger partial charge < -0.3 is 46.9 Å². The van der Waals surface area contributed by atoms with Crippen molar-refractivity contribution in [3.63, 3.8) is 0 Å². The van der Waals surface area contributed by atoms with Gasteiger partial charge in [0.2, 0.25) is 0 Å². The molecule has 42 heavy (non-hydrogen) atoms. The zero-order chi connectivity index (χ0) is 29.6. The maximum absolute atomic E-state index is 12.4. The molecule has 2 bridgehead atoms. The Morgan fingerprint density at radius 3 is 2.79 bits per heavy atom. The Balaban J connectivity index is 1.34. The fourth-order valence-electron chi connectivity index (χ4n) is 4.73. The van der Waals surface area contributed by atoms with Crippen molar-refractivity contribution < 1.29 is 37.4 Å². The summed E-state index contributed by atoms with van der Waals surface area (Å²) < 4.78 is 37.4. The average molecular weight is 661 g/mol. The molecule has 0 aliphatic carbocycles. The first-order valence-electron chi connectivity index (χ1n) is 12.6. The summed E-state index contributed by atoms with van der Waals surface area (Å²) in [7, 11) is 1.53. The number of H-pyrrole nitrogens is 1. The van der Waals surface area contributed by atoms with Gasteiger partial charge in [-0.15, -0.1) is 0 Å². The molecule has 0 spiro atoms. The molecule has 1 saturated heterocycles. The van der Waals surface area contributed by atoms with E-state index in [2.05, 4.69) is 29.9 Å². The minimum Gasteiger partial charge on any atom is -0.377 e. The minimum atomic E-state index is -3.90. The molecule has 2 unspecified atom stereocenters. The van der Waals surface area contributed by atoms with Crippen LogP contribution in [0.15, 0.2) is 17.3 Å². The van der Waals surface area contributed by atoms with Crippen LogP contribution in [-0.2, 0) is 70.9 Å². The highest BCUT2D eigenvalue weighted by Crippen LogP contribution is 2.51. The zero-order valence-corrected chi connectivity index (χ0v) is 25.6. The molecule has 17 nitrogen and oxygen atoms in total. The monoisotopic (exact) mass is 660 g/mol. The lowest BCUT2D eigenvalue weighted by Crippen LogP contribution is -2.23. The van der Waals surface area contributed by atoms with Crippen molar-refractivity contribution >= 4 is 59.4 Å². The predicted octanol–water partition coefficient (Wildman–Crippen LogP) is 1.08. The number of fused-ring (bicyclic) bond motifs is 6. The van der Waals surface area contributed by atoms with E-state index in [4.69, 9.17) is 51.2 Å². The summed E-state index contributed by atoms with van der Waals surface area (Å²) in [6, 6.07) is 0. The van der Waals surface area contributed by atoms with Crippen LogP contribution in [0.4, 0.5) is 0 Å². The standard InChI is InChI=1S/C21H26N8O9P2S2/c1-11-24-19-17(20(30)25-11)23-10-29(19)21-14-5-12(37-21)7-35-39(31,41)34-4-3-28-16(9-36-40(32,42)38-14)26-13-6-22-15(8-33-2)27-18(13)28/h6,10,12,14,21H,3-5,7-9H2,1-2H3,(H,31,41)(H,32,42)(H,24,25,30)/t12-,14+,21+,39?,40?/m0/s1. The van der Waals surface area contributed by atoms with E-state index in [0.717, 1.165) is 0 Å². The van der Waals surface area contributed by atoms with Crippen LogP contribution < -0.4 is 5.56 Å². The fourth-order valence-corrected chi connectivity index (χ4v) is 7.24. The van der Waals surface area contributed by atoms with Crippen LogP contribution in [0, 0.1) is 6.92 Å². The number of aromatic nitrogens is 8. The highest BCUT2D eigenvalue weighted by molar-refractivity contribution is 8.07. The first-order chi connectivity index (χ1) is 20.0. The number of aryl methyl sites for hydroxylation is 1. The van der Waals surface area contributed by atoms with Gasteiger partial charge in [-0.2, -0.15) is 0 Å². The van der Waals surface area contributed by atoms with Gasteiger partial charge in [-0.25, -0.2) is 24.9 Å². The molecule has 0 aromatic carbocycles. The van der Waals surface area contributed by atoms with E-state index in [9.17, 15) is 14.6 Å². The highest BCUT2D eigenvalue weighted by Gasteiger charge is 2.42. The molecule has 0 amide bonds. The topological polar surface area (TPSA) is 203 Å². The lowest BCUT2D eigenvalue weighted by Gasteiger charge is -2.24. The number of aromatic amines is 1. The molecule has 2 aliphatic heterocycles. The summed E-state index contributed by atoms with van der Waals surface area (Å²) in [4.78, 5) is 58.7. The van der Waals surface area contributed by atoms with Gasteiger partial charge in [-0.1, -0.05) is 0 Å². The van der Waals surface area contributed by atoms with Gasteiger partial charge in [-0.05, 0) is 30.5 Å². The van der Waals surface area contributed by atoms with Crippen molar-refractivity contribution in [1.82, 2.24) is 39.0 Å². The van der Waals surface area contributed by atoms with Crippen LogP contribution >= 0.6 is 13.4 Å². The number of nitrogens with zero attached hydrogens (tertiary/aromatic N) is 7. The second-order valence-corrected chi connectivity index (χ2v) is 15.1. The van der Waals surface area contributed by atoms with Crippen LogP contribution in [-0.4, -0.2) is 81.4 Å². The summed E-state index contributed by atoms with van der Waals surface area (Å²) in [6.07, 6.45) is 0.626. The third-order valence-electron chi connectivity index (χ3n) is 6.48. The maximum atomic E-state index is 12.4. The van der Waals surface area contributed by atoms with E-state index in [1.54, 1.807) is 11.5 Å². The van der Waals surface area contributed by atoms with Crippen LogP contribution in [0.5, 0.6) is 0 Å². The van der Waals surface area contributed by atoms with Gasteiger partial charge >= 0.3 is 13.4 Å². The third kappa shape index (κ3) is 6.24. The number of methoxy groups -OCH3 is 1. The Hall–Kier alpha value is -2.12. The van der Waals surface area contributed by atoms with Crippen molar-refractivity contribution in [1.29, 1.82) is 0 Å². The molecule has 6 heterocycles. The molecule has 4 aromatic rings. The normalized spacial score (nSPS) is 29.4. The Labute approximate surface area is 247 Å². The molecule has 226 valence electrons. The average Bonchev–Trinajstić information content (AvgIpc) is 3.61. The largest absolute Gasteiger partial charge is 0.377 e. The summed E-state index contributed by atoms with van der Waals surface area (Å²) >= 11 is 10.6. The molecule has 0 saturated carbocycles. The summed E-state index contributed by atoms with van der Waals surface area (Å²) in [5, 5.41) is 0. The predicted molar refractivity (Wildman–Crippen MR) is 152 cm³/mol. The van der Waals surface area contributed by atoms with Crippen molar-refractivity contribution in [2.75, 3.05) is 20.3 Å². The molecule has 0 radical (unpaired) electrons. The molecule has 5 atom stereocenters. The summed E-state index contributed by atoms with van der Waals surface area (Å²) in [5.41, 5.74) is 0.839. The van der Waals surface area contributed by atoms with E-state index in [1.807, 2.05) is 0 Å². The Morgan fingerprint density at radius 2 is 1.98 bits per heavy atom. The van der Waals surface area contributed by atoms with Crippen LogP contribution in [0.2, 0.25) is 0 Å². The minimum absolute atomic E-state index is 0.0446. The lowest BCUT2D eigenvalue weighted by molar-refractivity contribution is -0.0454. The number of nitrogens with one attached hydrogen (secondary N) is 1. The number of hydrogen-bond acceptors (Lipinski definition) is 14.